The molecule has 0 aliphatic heterocycles. The number of hydrogen-bond acceptors (Lipinski definition) is 3. The topological polar surface area (TPSA) is 37.8 Å². The van der Waals surface area contributed by atoms with Crippen LogP contribution in [0.25, 0.3) is 0 Å². The number of hydrogen-bond donors (Lipinski definition) is 1. The fraction of sp³-hybridized carbons (Fsp3) is 0.692. The van der Waals surface area contributed by atoms with Gasteiger partial charge in [-0.25, -0.2) is 0 Å². The first-order valence-corrected chi connectivity index (χ1v) is 6.70. The molecular weight excluding hydrogens is 255 g/mol. The molecule has 2 rings (SSSR count). The number of nitrogens with zero attached hydrogens (tertiary/aromatic N) is 2. The molecule has 6 heteroatoms. The van der Waals surface area contributed by atoms with Gasteiger partial charge in [0.1, 0.15) is 5.82 Å². The lowest BCUT2D eigenvalue weighted by Crippen LogP contribution is -2.14. The Balaban J connectivity index is 1.76. The predicted octanol–water partition coefficient (Wildman–Crippen LogP) is 3.88. The molecule has 0 saturated heterocycles. The van der Waals surface area contributed by atoms with Gasteiger partial charge < -0.3 is 5.32 Å². The lowest BCUT2D eigenvalue weighted by atomic mass is 9.87. The van der Waals surface area contributed by atoms with E-state index in [0.29, 0.717) is 5.82 Å². The Labute approximate surface area is 110 Å². The van der Waals surface area contributed by atoms with Crippen molar-refractivity contribution in [2.45, 2.75) is 44.7 Å². The van der Waals surface area contributed by atoms with E-state index in [9.17, 15) is 13.2 Å². The van der Waals surface area contributed by atoms with Crippen LogP contribution in [0.1, 0.15) is 44.2 Å². The third kappa shape index (κ3) is 4.36. The molecule has 0 atom stereocenters. The largest absolute Gasteiger partial charge is 0.435 e. The molecule has 0 unspecified atom stereocenters. The molecule has 1 aliphatic rings. The van der Waals surface area contributed by atoms with E-state index in [1.165, 1.54) is 38.2 Å². The van der Waals surface area contributed by atoms with Gasteiger partial charge >= 0.3 is 6.18 Å². The van der Waals surface area contributed by atoms with Crippen LogP contribution in [-0.2, 0) is 6.18 Å². The quantitative estimate of drug-likeness (QED) is 0.904. The summed E-state index contributed by atoms with van der Waals surface area (Å²) >= 11 is 0. The molecule has 0 aromatic carbocycles. The summed E-state index contributed by atoms with van der Waals surface area (Å²) in [7, 11) is 0. The predicted molar refractivity (Wildman–Crippen MR) is 66.7 cm³/mol. The maximum atomic E-state index is 12.3. The van der Waals surface area contributed by atoms with Gasteiger partial charge in [0, 0.05) is 6.54 Å². The van der Waals surface area contributed by atoms with Crippen LogP contribution in [-0.4, -0.2) is 16.7 Å². The van der Waals surface area contributed by atoms with E-state index in [1.807, 2.05) is 0 Å². The van der Waals surface area contributed by atoms with Gasteiger partial charge in [-0.1, -0.05) is 32.1 Å². The second kappa shape index (κ2) is 6.21. The number of anilines is 1. The van der Waals surface area contributed by atoms with Crippen molar-refractivity contribution in [2.24, 2.45) is 5.92 Å². The minimum atomic E-state index is -4.42. The Morgan fingerprint density at radius 2 is 1.84 bits per heavy atom. The van der Waals surface area contributed by atoms with Crippen LogP contribution in [0.4, 0.5) is 19.0 Å². The van der Waals surface area contributed by atoms with Gasteiger partial charge in [-0.15, -0.1) is 10.2 Å². The van der Waals surface area contributed by atoms with E-state index < -0.39 is 11.9 Å². The first kappa shape index (κ1) is 14.1. The van der Waals surface area contributed by atoms with Crippen molar-refractivity contribution in [3.05, 3.63) is 17.8 Å². The molecule has 0 amide bonds. The molecule has 1 aromatic rings. The molecule has 1 aromatic heterocycles. The van der Waals surface area contributed by atoms with E-state index in [4.69, 9.17) is 0 Å². The fourth-order valence-corrected chi connectivity index (χ4v) is 2.46. The highest BCUT2D eigenvalue weighted by molar-refractivity contribution is 5.33. The van der Waals surface area contributed by atoms with Gasteiger partial charge in [0.05, 0.1) is 0 Å². The zero-order chi connectivity index (χ0) is 13.7. The molecule has 1 N–H and O–H groups in total. The molecule has 3 nitrogen and oxygen atoms in total. The van der Waals surface area contributed by atoms with Crippen molar-refractivity contribution in [3.63, 3.8) is 0 Å². The second-order valence-corrected chi connectivity index (χ2v) is 5.02. The number of alkyl halides is 3. The highest BCUT2D eigenvalue weighted by Crippen LogP contribution is 2.28. The summed E-state index contributed by atoms with van der Waals surface area (Å²) in [4.78, 5) is 0. The van der Waals surface area contributed by atoms with Crippen LogP contribution in [0.3, 0.4) is 0 Å². The molecule has 0 spiro atoms. The van der Waals surface area contributed by atoms with Crippen LogP contribution in [0, 0.1) is 5.92 Å². The van der Waals surface area contributed by atoms with Gasteiger partial charge in [0.25, 0.3) is 0 Å². The molecule has 1 heterocycles. The molecule has 0 bridgehead atoms. The van der Waals surface area contributed by atoms with Crippen molar-refractivity contribution < 1.29 is 13.2 Å². The number of halogens is 3. The number of aromatic nitrogens is 2. The Kier molecular flexibility index (Phi) is 4.61. The first-order chi connectivity index (χ1) is 9.05. The number of rotatable bonds is 4. The Hall–Kier alpha value is -1.33. The maximum absolute atomic E-state index is 12.3. The molecule has 19 heavy (non-hydrogen) atoms. The van der Waals surface area contributed by atoms with E-state index in [-0.39, 0.29) is 0 Å². The molecule has 106 valence electrons. The van der Waals surface area contributed by atoms with E-state index in [0.717, 1.165) is 24.9 Å². The van der Waals surface area contributed by atoms with Crippen LogP contribution in [0.2, 0.25) is 0 Å². The van der Waals surface area contributed by atoms with Gasteiger partial charge in [-0.05, 0) is 24.5 Å². The molecule has 1 aliphatic carbocycles. The summed E-state index contributed by atoms with van der Waals surface area (Å²) in [5.74, 6) is 1.15. The minimum absolute atomic E-state index is 0.406. The Bertz CT molecular complexity index is 383. The van der Waals surface area contributed by atoms with Crippen molar-refractivity contribution in [1.29, 1.82) is 0 Å². The summed E-state index contributed by atoms with van der Waals surface area (Å²) < 4.78 is 36.9. The molecule has 1 saturated carbocycles. The zero-order valence-electron chi connectivity index (χ0n) is 10.7. The summed E-state index contributed by atoms with van der Waals surface area (Å²) in [5.41, 5.74) is -0.953. The molecular formula is C13H18F3N3. The standard InChI is InChI=1S/C13H18F3N3/c14-13(15,16)11-6-7-12(19-18-11)17-9-8-10-4-2-1-3-5-10/h6-7,10H,1-5,8-9H2,(H,17,19). The lowest BCUT2D eigenvalue weighted by Gasteiger charge is -2.21. The van der Waals surface area contributed by atoms with Crippen LogP contribution in [0.5, 0.6) is 0 Å². The van der Waals surface area contributed by atoms with E-state index >= 15 is 0 Å². The second-order valence-electron chi connectivity index (χ2n) is 5.02. The van der Waals surface area contributed by atoms with Crippen molar-refractivity contribution >= 4 is 5.82 Å². The summed E-state index contributed by atoms with van der Waals surface area (Å²) in [6, 6.07) is 2.28. The molecule has 1 fully saturated rings. The Morgan fingerprint density at radius 3 is 2.42 bits per heavy atom. The normalized spacial score (nSPS) is 17.4. The van der Waals surface area contributed by atoms with E-state index in [2.05, 4.69) is 15.5 Å². The third-order valence-corrected chi connectivity index (χ3v) is 3.54. The van der Waals surface area contributed by atoms with Gasteiger partial charge in [-0.2, -0.15) is 13.2 Å². The maximum Gasteiger partial charge on any atom is 0.435 e. The van der Waals surface area contributed by atoms with Crippen molar-refractivity contribution in [3.8, 4) is 0 Å². The third-order valence-electron chi connectivity index (χ3n) is 3.54. The smallest absolute Gasteiger partial charge is 0.369 e. The summed E-state index contributed by atoms with van der Waals surface area (Å²) in [5, 5.41) is 9.75. The summed E-state index contributed by atoms with van der Waals surface area (Å²) in [6.07, 6.45) is 3.07. The molecule has 0 radical (unpaired) electrons. The Morgan fingerprint density at radius 1 is 1.11 bits per heavy atom. The lowest BCUT2D eigenvalue weighted by molar-refractivity contribution is -0.141. The van der Waals surface area contributed by atoms with Crippen LogP contribution >= 0.6 is 0 Å². The monoisotopic (exact) mass is 273 g/mol. The van der Waals surface area contributed by atoms with Crippen LogP contribution in [0.15, 0.2) is 12.1 Å². The van der Waals surface area contributed by atoms with Gasteiger partial charge in [0.15, 0.2) is 5.69 Å². The van der Waals surface area contributed by atoms with Gasteiger partial charge in [-0.3, -0.25) is 0 Å². The van der Waals surface area contributed by atoms with Crippen molar-refractivity contribution in [1.82, 2.24) is 10.2 Å². The van der Waals surface area contributed by atoms with Gasteiger partial charge in [0.2, 0.25) is 0 Å². The highest BCUT2D eigenvalue weighted by Gasteiger charge is 2.32. The zero-order valence-corrected chi connectivity index (χ0v) is 10.7. The summed E-state index contributed by atoms with van der Waals surface area (Å²) in [6.45, 7) is 0.741. The highest BCUT2D eigenvalue weighted by atomic mass is 19.4. The van der Waals surface area contributed by atoms with Crippen LogP contribution < -0.4 is 5.32 Å². The fourth-order valence-electron chi connectivity index (χ4n) is 2.46. The SMILES string of the molecule is FC(F)(F)c1ccc(NCCC2CCCCC2)nn1. The average Bonchev–Trinajstić information content (AvgIpc) is 2.39. The first-order valence-electron chi connectivity index (χ1n) is 6.70. The number of nitrogens with one attached hydrogen (secondary N) is 1. The average molecular weight is 273 g/mol. The van der Waals surface area contributed by atoms with E-state index in [1.54, 1.807) is 0 Å². The minimum Gasteiger partial charge on any atom is -0.369 e. The van der Waals surface area contributed by atoms with Crippen molar-refractivity contribution in [2.75, 3.05) is 11.9 Å².